The molecule has 0 atom stereocenters. The summed E-state index contributed by atoms with van der Waals surface area (Å²) >= 11 is 0. The Morgan fingerprint density at radius 3 is 2.66 bits per heavy atom. The molecule has 0 aromatic heterocycles. The van der Waals surface area contributed by atoms with Crippen LogP contribution in [0.4, 0.5) is 0 Å². The Kier molecular flexibility index (Phi) is 7.50. The number of carbonyl (C=O) groups excluding carboxylic acids is 1. The molecule has 2 aromatic carbocycles. The van der Waals surface area contributed by atoms with Crippen molar-refractivity contribution in [1.29, 1.82) is 0 Å². The molecule has 2 heterocycles. The van der Waals surface area contributed by atoms with Gasteiger partial charge in [-0.3, -0.25) is 9.69 Å². The number of carbonyl (C=O) groups is 1. The van der Waals surface area contributed by atoms with E-state index in [1.165, 1.54) is 0 Å². The lowest BCUT2D eigenvalue weighted by Gasteiger charge is -2.26. The number of methoxy groups -OCH3 is 2. The molecule has 7 heteroatoms. The van der Waals surface area contributed by atoms with Gasteiger partial charge >= 0.3 is 0 Å². The highest BCUT2D eigenvalue weighted by Gasteiger charge is 2.20. The van der Waals surface area contributed by atoms with E-state index < -0.39 is 0 Å². The molecule has 2 aliphatic heterocycles. The lowest BCUT2D eigenvalue weighted by atomic mass is 10.0. The van der Waals surface area contributed by atoms with Gasteiger partial charge in [-0.05, 0) is 24.1 Å². The number of fused-ring (bicyclic) bond motifs is 1. The van der Waals surface area contributed by atoms with Gasteiger partial charge in [-0.25, -0.2) is 0 Å². The number of hydrogen-bond acceptors (Lipinski definition) is 6. The Morgan fingerprint density at radius 1 is 1.03 bits per heavy atom. The first-order valence-corrected chi connectivity index (χ1v) is 11.2. The molecular weight excluding hydrogens is 408 g/mol. The van der Waals surface area contributed by atoms with Gasteiger partial charge < -0.3 is 23.8 Å². The summed E-state index contributed by atoms with van der Waals surface area (Å²) in [7, 11) is 3.33. The van der Waals surface area contributed by atoms with Gasteiger partial charge in [0.15, 0.2) is 11.5 Å². The number of para-hydroxylation sites is 1. The number of rotatable bonds is 7. The molecule has 0 N–H and O–H groups in total. The van der Waals surface area contributed by atoms with Crippen LogP contribution in [0.2, 0.25) is 0 Å². The van der Waals surface area contributed by atoms with Gasteiger partial charge in [0.05, 0.1) is 27.4 Å². The molecule has 2 aliphatic rings. The van der Waals surface area contributed by atoms with Crippen molar-refractivity contribution in [2.24, 2.45) is 0 Å². The molecule has 1 amide bonds. The summed E-state index contributed by atoms with van der Waals surface area (Å²) in [5.41, 5.74) is 3.40. The van der Waals surface area contributed by atoms with Crippen molar-refractivity contribution in [2.45, 2.75) is 25.9 Å². The molecule has 2 aromatic rings. The second-order valence-electron chi connectivity index (χ2n) is 8.15. The van der Waals surface area contributed by atoms with Gasteiger partial charge in [-0.15, -0.1) is 0 Å². The van der Waals surface area contributed by atoms with Crippen molar-refractivity contribution < 1.29 is 23.7 Å². The van der Waals surface area contributed by atoms with Crippen LogP contribution in [-0.2, 0) is 29.0 Å². The predicted molar refractivity (Wildman–Crippen MR) is 121 cm³/mol. The van der Waals surface area contributed by atoms with E-state index in [0.29, 0.717) is 39.3 Å². The number of morpholine rings is 1. The maximum absolute atomic E-state index is 12.5. The molecule has 172 valence electrons. The minimum atomic E-state index is 0.200. The Labute approximate surface area is 189 Å². The molecule has 7 nitrogen and oxygen atoms in total. The lowest BCUT2D eigenvalue weighted by Crippen LogP contribution is -2.40. The van der Waals surface area contributed by atoms with Crippen LogP contribution in [0.5, 0.6) is 17.2 Å². The molecule has 0 radical (unpaired) electrons. The number of benzene rings is 2. The third-order valence-electron chi connectivity index (χ3n) is 6.05. The van der Waals surface area contributed by atoms with Crippen LogP contribution in [-0.4, -0.2) is 69.4 Å². The fourth-order valence-electron chi connectivity index (χ4n) is 4.33. The Morgan fingerprint density at radius 2 is 1.88 bits per heavy atom. The van der Waals surface area contributed by atoms with E-state index in [9.17, 15) is 4.79 Å². The zero-order valence-electron chi connectivity index (χ0n) is 19.0. The summed E-state index contributed by atoms with van der Waals surface area (Å²) in [4.78, 5) is 16.8. The first kappa shape index (κ1) is 22.4. The van der Waals surface area contributed by atoms with Crippen molar-refractivity contribution in [3.8, 4) is 17.2 Å². The van der Waals surface area contributed by atoms with E-state index in [1.54, 1.807) is 14.2 Å². The topological polar surface area (TPSA) is 60.5 Å². The van der Waals surface area contributed by atoms with E-state index in [4.69, 9.17) is 18.9 Å². The number of amides is 1. The molecule has 0 spiro atoms. The molecule has 0 bridgehead atoms. The Hall–Kier alpha value is -2.77. The second-order valence-corrected chi connectivity index (χ2v) is 8.15. The number of ether oxygens (including phenoxy) is 4. The van der Waals surface area contributed by atoms with Gasteiger partial charge in [0.1, 0.15) is 12.4 Å². The molecule has 0 unspecified atom stereocenters. The van der Waals surface area contributed by atoms with Crippen molar-refractivity contribution in [3.63, 3.8) is 0 Å². The van der Waals surface area contributed by atoms with E-state index in [0.717, 1.165) is 60.0 Å². The highest BCUT2D eigenvalue weighted by Crippen LogP contribution is 2.33. The first-order chi connectivity index (χ1) is 15.7. The van der Waals surface area contributed by atoms with Crippen LogP contribution < -0.4 is 14.2 Å². The number of nitrogens with zero attached hydrogens (tertiary/aromatic N) is 2. The van der Waals surface area contributed by atoms with Gasteiger partial charge in [-0.2, -0.15) is 0 Å². The predicted octanol–water partition coefficient (Wildman–Crippen LogP) is 2.89. The zero-order chi connectivity index (χ0) is 22.3. The molecule has 32 heavy (non-hydrogen) atoms. The Bertz CT molecular complexity index is 927. The minimum Gasteiger partial charge on any atom is -0.493 e. The smallest absolute Gasteiger partial charge is 0.223 e. The SMILES string of the molecule is COc1cccc(CN2CCOc3ccc(CCC(=O)N4CCOCC4)cc3C2)c1OC. The third-order valence-corrected chi connectivity index (χ3v) is 6.05. The fraction of sp³-hybridized carbons (Fsp3) is 0.480. The molecule has 1 saturated heterocycles. The summed E-state index contributed by atoms with van der Waals surface area (Å²) in [6, 6.07) is 12.3. The summed E-state index contributed by atoms with van der Waals surface area (Å²) < 4.78 is 22.4. The van der Waals surface area contributed by atoms with Crippen molar-refractivity contribution >= 4 is 5.91 Å². The molecule has 4 rings (SSSR count). The molecule has 1 fully saturated rings. The second kappa shape index (κ2) is 10.7. The quantitative estimate of drug-likeness (QED) is 0.660. The highest BCUT2D eigenvalue weighted by molar-refractivity contribution is 5.76. The lowest BCUT2D eigenvalue weighted by molar-refractivity contribution is -0.135. The maximum atomic E-state index is 12.5. The van der Waals surface area contributed by atoms with Gasteiger partial charge in [0.2, 0.25) is 5.91 Å². The van der Waals surface area contributed by atoms with Crippen LogP contribution in [0, 0.1) is 0 Å². The van der Waals surface area contributed by atoms with Crippen molar-refractivity contribution in [2.75, 3.05) is 53.7 Å². The van der Waals surface area contributed by atoms with Crippen LogP contribution in [0.15, 0.2) is 36.4 Å². The van der Waals surface area contributed by atoms with Crippen molar-refractivity contribution in [1.82, 2.24) is 9.80 Å². The third kappa shape index (κ3) is 5.34. The molecule has 0 saturated carbocycles. The van der Waals surface area contributed by atoms with Gasteiger partial charge in [0, 0.05) is 50.3 Å². The van der Waals surface area contributed by atoms with Crippen LogP contribution >= 0.6 is 0 Å². The minimum absolute atomic E-state index is 0.200. The summed E-state index contributed by atoms with van der Waals surface area (Å²) in [5.74, 6) is 2.64. The zero-order valence-corrected chi connectivity index (χ0v) is 19.0. The van der Waals surface area contributed by atoms with Crippen LogP contribution in [0.1, 0.15) is 23.1 Å². The van der Waals surface area contributed by atoms with E-state index in [-0.39, 0.29) is 5.91 Å². The number of aryl methyl sites for hydroxylation is 1. The summed E-state index contributed by atoms with van der Waals surface area (Å²) in [6.45, 7) is 5.63. The normalized spacial score (nSPS) is 16.6. The number of hydrogen-bond donors (Lipinski definition) is 0. The van der Waals surface area contributed by atoms with Gasteiger partial charge in [0.25, 0.3) is 0 Å². The first-order valence-electron chi connectivity index (χ1n) is 11.2. The van der Waals surface area contributed by atoms with E-state index in [2.05, 4.69) is 23.1 Å². The van der Waals surface area contributed by atoms with E-state index >= 15 is 0 Å². The van der Waals surface area contributed by atoms with Gasteiger partial charge in [-0.1, -0.05) is 24.3 Å². The Balaban J connectivity index is 1.42. The summed E-state index contributed by atoms with van der Waals surface area (Å²) in [6.07, 6.45) is 1.25. The summed E-state index contributed by atoms with van der Waals surface area (Å²) in [5, 5.41) is 0. The monoisotopic (exact) mass is 440 g/mol. The average molecular weight is 441 g/mol. The fourth-order valence-corrected chi connectivity index (χ4v) is 4.33. The molecule has 0 aliphatic carbocycles. The average Bonchev–Trinajstić information content (AvgIpc) is 3.04. The maximum Gasteiger partial charge on any atom is 0.223 e. The standard InChI is InChI=1S/C25H32N2O5/c1-29-23-5-3-4-20(25(23)30-2)17-26-10-15-32-22-8-6-19(16-21(22)18-26)7-9-24(28)27-11-13-31-14-12-27/h3-6,8,16H,7,9-15,17-18H2,1-2H3. The molecular formula is C25H32N2O5. The highest BCUT2D eigenvalue weighted by atomic mass is 16.5. The van der Waals surface area contributed by atoms with E-state index in [1.807, 2.05) is 23.1 Å². The van der Waals surface area contributed by atoms with Crippen LogP contribution in [0.25, 0.3) is 0 Å². The van der Waals surface area contributed by atoms with Crippen molar-refractivity contribution in [3.05, 3.63) is 53.1 Å². The van der Waals surface area contributed by atoms with Crippen LogP contribution in [0.3, 0.4) is 0 Å². The largest absolute Gasteiger partial charge is 0.493 e.